The van der Waals surface area contributed by atoms with Crippen molar-refractivity contribution in [1.82, 2.24) is 19.5 Å². The third-order valence-corrected chi connectivity index (χ3v) is 4.70. The first-order valence-electron chi connectivity index (χ1n) is 9.35. The molecule has 0 saturated heterocycles. The van der Waals surface area contributed by atoms with E-state index in [0.29, 0.717) is 22.3 Å². The van der Waals surface area contributed by atoms with Gasteiger partial charge in [0.25, 0.3) is 5.56 Å². The summed E-state index contributed by atoms with van der Waals surface area (Å²) in [5.74, 6) is -0.950. The average Bonchev–Trinajstić information content (AvgIpc) is 3.17. The number of fused-ring (bicyclic) bond motifs is 1. The molecule has 152 valence electrons. The van der Waals surface area contributed by atoms with E-state index in [1.54, 1.807) is 42.7 Å². The second-order valence-corrected chi connectivity index (χ2v) is 6.82. The van der Waals surface area contributed by atoms with Crippen LogP contribution in [0.25, 0.3) is 16.8 Å². The molecule has 0 saturated carbocycles. The van der Waals surface area contributed by atoms with E-state index in [1.165, 1.54) is 33.3 Å². The van der Waals surface area contributed by atoms with Crippen LogP contribution < -0.4 is 10.9 Å². The maximum absolute atomic E-state index is 13.2. The number of nitrogens with one attached hydrogen (secondary N) is 1. The lowest BCUT2D eigenvalue weighted by atomic mass is 10.1. The van der Waals surface area contributed by atoms with Gasteiger partial charge in [0.05, 0.1) is 5.69 Å². The quantitative estimate of drug-likeness (QED) is 0.533. The lowest BCUT2D eigenvalue weighted by Gasteiger charge is -2.07. The zero-order valence-electron chi connectivity index (χ0n) is 15.9. The summed E-state index contributed by atoms with van der Waals surface area (Å²) in [5.41, 5.74) is 1.99. The number of nitrogens with zero attached hydrogens (tertiary/aromatic N) is 3. The molecule has 4 aromatic rings. The molecule has 0 bridgehead atoms. The standard InChI is InChI=1S/C22H18F2N4O2/c23-17-6-4-16(5-7-17)19-13-20-22(30)27(10-11-28(20)26-19)9-8-21(29)25-14-15-2-1-3-18(24)12-15/h1-7,10-13H,8-9,14H2,(H,25,29). The minimum absolute atomic E-state index is 0.102. The van der Waals surface area contributed by atoms with Gasteiger partial charge < -0.3 is 9.88 Å². The Hall–Kier alpha value is -3.81. The van der Waals surface area contributed by atoms with Crippen LogP contribution >= 0.6 is 0 Å². The smallest absolute Gasteiger partial charge is 0.276 e. The Kier molecular flexibility index (Phi) is 5.38. The number of amides is 1. The molecule has 4 rings (SSSR count). The summed E-state index contributed by atoms with van der Waals surface area (Å²) in [6, 6.07) is 13.5. The molecule has 8 heteroatoms. The molecule has 0 aliphatic carbocycles. The highest BCUT2D eigenvalue weighted by molar-refractivity contribution is 5.75. The van der Waals surface area contributed by atoms with E-state index in [2.05, 4.69) is 10.4 Å². The molecule has 0 fully saturated rings. The Labute approximate surface area is 170 Å². The molecular formula is C22H18F2N4O2. The van der Waals surface area contributed by atoms with Gasteiger partial charge in [-0.1, -0.05) is 12.1 Å². The van der Waals surface area contributed by atoms with E-state index < -0.39 is 0 Å². The van der Waals surface area contributed by atoms with Crippen molar-refractivity contribution in [1.29, 1.82) is 0 Å². The number of hydrogen-bond acceptors (Lipinski definition) is 3. The maximum Gasteiger partial charge on any atom is 0.276 e. The molecule has 0 spiro atoms. The van der Waals surface area contributed by atoms with E-state index in [-0.39, 0.29) is 42.6 Å². The van der Waals surface area contributed by atoms with Gasteiger partial charge in [0.2, 0.25) is 5.91 Å². The number of carbonyl (C=O) groups is 1. The molecule has 30 heavy (non-hydrogen) atoms. The van der Waals surface area contributed by atoms with Crippen molar-refractivity contribution in [2.24, 2.45) is 0 Å². The van der Waals surface area contributed by atoms with Crippen molar-refractivity contribution in [3.8, 4) is 11.3 Å². The number of rotatable bonds is 6. The van der Waals surface area contributed by atoms with Crippen LogP contribution in [0.3, 0.4) is 0 Å². The van der Waals surface area contributed by atoms with Gasteiger partial charge in [-0.2, -0.15) is 5.10 Å². The van der Waals surface area contributed by atoms with E-state index in [0.717, 1.165) is 0 Å². The van der Waals surface area contributed by atoms with Crippen LogP contribution in [0.5, 0.6) is 0 Å². The molecule has 0 unspecified atom stereocenters. The molecule has 0 aliphatic heterocycles. The molecule has 0 atom stereocenters. The Morgan fingerprint density at radius 3 is 2.57 bits per heavy atom. The Balaban J connectivity index is 1.44. The molecule has 2 aromatic carbocycles. The van der Waals surface area contributed by atoms with Gasteiger partial charge in [-0.25, -0.2) is 13.3 Å². The van der Waals surface area contributed by atoms with Gasteiger partial charge >= 0.3 is 0 Å². The normalized spacial score (nSPS) is 11.0. The summed E-state index contributed by atoms with van der Waals surface area (Å²) < 4.78 is 29.2. The summed E-state index contributed by atoms with van der Waals surface area (Å²) in [4.78, 5) is 24.8. The van der Waals surface area contributed by atoms with Crippen LogP contribution in [-0.4, -0.2) is 20.1 Å². The SMILES string of the molecule is O=C(CCn1ccn2nc(-c3ccc(F)cc3)cc2c1=O)NCc1cccc(F)c1. The molecule has 1 N–H and O–H groups in total. The number of halogens is 2. The highest BCUT2D eigenvalue weighted by atomic mass is 19.1. The molecule has 1 amide bonds. The maximum atomic E-state index is 13.2. The summed E-state index contributed by atoms with van der Waals surface area (Å²) in [7, 11) is 0. The van der Waals surface area contributed by atoms with Gasteiger partial charge in [-0.15, -0.1) is 0 Å². The fraction of sp³-hybridized carbons (Fsp3) is 0.136. The average molecular weight is 408 g/mol. The van der Waals surface area contributed by atoms with E-state index in [4.69, 9.17) is 0 Å². The van der Waals surface area contributed by atoms with Crippen LogP contribution in [0, 0.1) is 11.6 Å². The largest absolute Gasteiger partial charge is 0.352 e. The molecule has 6 nitrogen and oxygen atoms in total. The minimum atomic E-state index is -0.359. The summed E-state index contributed by atoms with van der Waals surface area (Å²) >= 11 is 0. The van der Waals surface area contributed by atoms with Gasteiger partial charge in [0.15, 0.2) is 0 Å². The third kappa shape index (κ3) is 4.27. The molecule has 0 radical (unpaired) electrons. The van der Waals surface area contributed by atoms with E-state index in [9.17, 15) is 18.4 Å². The zero-order chi connectivity index (χ0) is 21.1. The third-order valence-electron chi connectivity index (χ3n) is 4.70. The highest BCUT2D eigenvalue weighted by Gasteiger charge is 2.10. The van der Waals surface area contributed by atoms with Crippen molar-refractivity contribution in [3.05, 3.63) is 94.5 Å². The van der Waals surface area contributed by atoms with E-state index >= 15 is 0 Å². The first-order valence-corrected chi connectivity index (χ1v) is 9.35. The van der Waals surface area contributed by atoms with Crippen molar-refractivity contribution in [2.45, 2.75) is 19.5 Å². The van der Waals surface area contributed by atoms with Gasteiger partial charge in [-0.05, 0) is 48.0 Å². The Morgan fingerprint density at radius 1 is 1.00 bits per heavy atom. The van der Waals surface area contributed by atoms with E-state index in [1.807, 2.05) is 0 Å². The molecular weight excluding hydrogens is 390 g/mol. The van der Waals surface area contributed by atoms with Crippen molar-refractivity contribution < 1.29 is 13.6 Å². The van der Waals surface area contributed by atoms with Crippen molar-refractivity contribution in [3.63, 3.8) is 0 Å². The topological polar surface area (TPSA) is 68.4 Å². The summed E-state index contributed by atoms with van der Waals surface area (Å²) in [6.07, 6.45) is 3.30. The monoisotopic (exact) mass is 408 g/mol. The summed E-state index contributed by atoms with van der Waals surface area (Å²) in [5, 5.41) is 7.06. The Morgan fingerprint density at radius 2 is 1.80 bits per heavy atom. The number of hydrogen-bond donors (Lipinski definition) is 1. The summed E-state index contributed by atoms with van der Waals surface area (Å²) in [6.45, 7) is 0.412. The van der Waals surface area contributed by atoms with Crippen LogP contribution in [0.15, 0.2) is 71.8 Å². The van der Waals surface area contributed by atoms with Crippen LogP contribution in [-0.2, 0) is 17.9 Å². The fourth-order valence-electron chi connectivity index (χ4n) is 3.12. The molecule has 2 heterocycles. The number of aromatic nitrogens is 3. The number of aryl methyl sites for hydroxylation is 1. The predicted molar refractivity (Wildman–Crippen MR) is 108 cm³/mol. The van der Waals surface area contributed by atoms with Crippen LogP contribution in [0.2, 0.25) is 0 Å². The second kappa shape index (κ2) is 8.28. The second-order valence-electron chi connectivity index (χ2n) is 6.82. The lowest BCUT2D eigenvalue weighted by molar-refractivity contribution is -0.121. The molecule has 0 aliphatic rings. The van der Waals surface area contributed by atoms with Crippen molar-refractivity contribution in [2.75, 3.05) is 0 Å². The lowest BCUT2D eigenvalue weighted by Crippen LogP contribution is -2.27. The Bertz CT molecular complexity index is 1260. The minimum Gasteiger partial charge on any atom is -0.352 e. The fourth-order valence-corrected chi connectivity index (χ4v) is 3.12. The first kappa shape index (κ1) is 19.5. The molecule has 2 aromatic heterocycles. The van der Waals surface area contributed by atoms with Crippen LogP contribution in [0.4, 0.5) is 8.78 Å². The highest BCUT2D eigenvalue weighted by Crippen LogP contribution is 2.18. The van der Waals surface area contributed by atoms with Gasteiger partial charge in [-0.3, -0.25) is 9.59 Å². The van der Waals surface area contributed by atoms with Crippen molar-refractivity contribution >= 4 is 11.4 Å². The first-order chi connectivity index (χ1) is 14.5. The zero-order valence-corrected chi connectivity index (χ0v) is 15.9. The van der Waals surface area contributed by atoms with Gasteiger partial charge in [0, 0.05) is 37.5 Å². The predicted octanol–water partition coefficient (Wildman–Crippen LogP) is 3.15. The van der Waals surface area contributed by atoms with Gasteiger partial charge in [0.1, 0.15) is 17.2 Å². The number of benzene rings is 2. The van der Waals surface area contributed by atoms with Crippen LogP contribution in [0.1, 0.15) is 12.0 Å². The number of carbonyl (C=O) groups excluding carboxylic acids is 1.